The van der Waals surface area contributed by atoms with Crippen LogP contribution in [0.2, 0.25) is 0 Å². The van der Waals surface area contributed by atoms with Gasteiger partial charge in [0.25, 0.3) is 0 Å². The maximum Gasteiger partial charge on any atom is 0.308 e. The minimum atomic E-state index is -3.75. The van der Waals surface area contributed by atoms with Gasteiger partial charge in [-0.15, -0.1) is 0 Å². The van der Waals surface area contributed by atoms with E-state index in [1.54, 1.807) is 12.1 Å². The third-order valence-electron chi connectivity index (χ3n) is 2.82. The van der Waals surface area contributed by atoms with E-state index in [1.165, 1.54) is 33.5 Å². The molecule has 2 aromatic rings. The normalized spacial score (nSPS) is 15.6. The van der Waals surface area contributed by atoms with Gasteiger partial charge in [0.2, 0.25) is 0 Å². The van der Waals surface area contributed by atoms with Gasteiger partial charge < -0.3 is 9.52 Å². The first-order valence-corrected chi connectivity index (χ1v) is 6.90. The average molecular weight is 285 g/mol. The van der Waals surface area contributed by atoms with Crippen molar-refractivity contribution in [3.8, 4) is 0 Å². The highest BCUT2D eigenvalue weighted by Crippen LogP contribution is 2.30. The smallest absolute Gasteiger partial charge is 0.308 e. The standard InChI is InChI=1S/C11H15N3O4S/c1-11(15,10-5-4-6-18-10)9-7-12-8-14(9)19(16,17)13(2)3/h4-8,15H,1-3H3. The van der Waals surface area contributed by atoms with Gasteiger partial charge in [-0.05, 0) is 19.1 Å². The lowest BCUT2D eigenvalue weighted by Gasteiger charge is -2.23. The molecule has 0 bridgehead atoms. The molecule has 0 aliphatic carbocycles. The van der Waals surface area contributed by atoms with Gasteiger partial charge in [-0.2, -0.15) is 12.7 Å². The lowest BCUT2D eigenvalue weighted by Crippen LogP contribution is -2.34. The number of aromatic nitrogens is 2. The minimum absolute atomic E-state index is 0.108. The second-order valence-electron chi connectivity index (χ2n) is 4.41. The van der Waals surface area contributed by atoms with Crippen LogP contribution in [0.3, 0.4) is 0 Å². The van der Waals surface area contributed by atoms with Gasteiger partial charge >= 0.3 is 10.2 Å². The van der Waals surface area contributed by atoms with E-state index in [-0.39, 0.29) is 11.5 Å². The Labute approximate surface area is 111 Å². The topological polar surface area (TPSA) is 88.6 Å². The number of hydrogen-bond donors (Lipinski definition) is 1. The molecule has 0 saturated heterocycles. The van der Waals surface area contributed by atoms with Crippen LogP contribution in [-0.2, 0) is 15.8 Å². The van der Waals surface area contributed by atoms with Gasteiger partial charge in [-0.25, -0.2) is 8.96 Å². The summed E-state index contributed by atoms with van der Waals surface area (Å²) < 4.78 is 31.4. The molecule has 0 aliphatic rings. The Morgan fingerprint density at radius 1 is 1.47 bits per heavy atom. The molecule has 2 aromatic heterocycles. The third-order valence-corrected chi connectivity index (χ3v) is 4.53. The maximum absolute atomic E-state index is 12.1. The minimum Gasteiger partial charge on any atom is -0.466 e. The molecular formula is C11H15N3O4S. The third kappa shape index (κ3) is 2.18. The van der Waals surface area contributed by atoms with Crippen LogP contribution < -0.4 is 0 Å². The molecule has 19 heavy (non-hydrogen) atoms. The summed E-state index contributed by atoms with van der Waals surface area (Å²) in [5, 5.41) is 10.5. The number of nitrogens with zero attached hydrogens (tertiary/aromatic N) is 3. The molecule has 0 amide bonds. The van der Waals surface area contributed by atoms with Gasteiger partial charge in [0.1, 0.15) is 12.1 Å². The zero-order valence-electron chi connectivity index (χ0n) is 10.8. The van der Waals surface area contributed by atoms with Crippen LogP contribution in [0, 0.1) is 0 Å². The molecular weight excluding hydrogens is 270 g/mol. The fourth-order valence-corrected chi connectivity index (χ4v) is 2.66. The Hall–Kier alpha value is -1.64. The van der Waals surface area contributed by atoms with Crippen LogP contribution in [0.4, 0.5) is 0 Å². The number of imidazole rings is 1. The van der Waals surface area contributed by atoms with E-state index < -0.39 is 15.8 Å². The Balaban J connectivity index is 2.58. The van der Waals surface area contributed by atoms with Crippen LogP contribution in [0.25, 0.3) is 0 Å². The van der Waals surface area contributed by atoms with Crippen LogP contribution >= 0.6 is 0 Å². The first-order chi connectivity index (χ1) is 8.78. The Bertz CT molecular complexity index is 656. The van der Waals surface area contributed by atoms with Gasteiger partial charge in [0.05, 0.1) is 18.2 Å². The SMILES string of the molecule is CN(C)S(=O)(=O)n1cncc1C(C)(O)c1ccco1. The van der Waals surface area contributed by atoms with Gasteiger partial charge in [0.15, 0.2) is 5.60 Å². The second kappa shape index (κ2) is 4.48. The summed E-state index contributed by atoms with van der Waals surface area (Å²) in [4.78, 5) is 3.80. The number of rotatable bonds is 4. The van der Waals surface area contributed by atoms with E-state index in [2.05, 4.69) is 4.98 Å². The summed E-state index contributed by atoms with van der Waals surface area (Å²) >= 11 is 0. The van der Waals surface area contributed by atoms with E-state index in [0.29, 0.717) is 0 Å². The highest BCUT2D eigenvalue weighted by molar-refractivity contribution is 7.87. The van der Waals surface area contributed by atoms with Gasteiger partial charge in [-0.1, -0.05) is 0 Å². The monoisotopic (exact) mass is 285 g/mol. The second-order valence-corrected chi connectivity index (χ2v) is 6.43. The molecule has 0 saturated carbocycles. The van der Waals surface area contributed by atoms with Crippen molar-refractivity contribution in [2.75, 3.05) is 14.1 Å². The molecule has 1 N–H and O–H groups in total. The van der Waals surface area contributed by atoms with Gasteiger partial charge in [-0.3, -0.25) is 0 Å². The fraction of sp³-hybridized carbons (Fsp3) is 0.364. The molecule has 0 fully saturated rings. The van der Waals surface area contributed by atoms with Crippen LogP contribution in [0.15, 0.2) is 35.3 Å². The molecule has 1 unspecified atom stereocenters. The highest BCUT2D eigenvalue weighted by atomic mass is 32.2. The zero-order chi connectivity index (χ0) is 14.3. The van der Waals surface area contributed by atoms with E-state index in [9.17, 15) is 13.5 Å². The lowest BCUT2D eigenvalue weighted by atomic mass is 10.0. The van der Waals surface area contributed by atoms with Gasteiger partial charge in [0, 0.05) is 14.1 Å². The van der Waals surface area contributed by atoms with Crippen molar-refractivity contribution in [3.05, 3.63) is 42.4 Å². The van der Waals surface area contributed by atoms with E-state index in [1.807, 2.05) is 0 Å². The summed E-state index contributed by atoms with van der Waals surface area (Å²) in [7, 11) is -0.946. The largest absolute Gasteiger partial charge is 0.466 e. The molecule has 104 valence electrons. The maximum atomic E-state index is 12.1. The van der Waals surface area contributed by atoms with Crippen LogP contribution in [0.1, 0.15) is 18.4 Å². The van der Waals surface area contributed by atoms with E-state index >= 15 is 0 Å². The van der Waals surface area contributed by atoms with Crippen molar-refractivity contribution in [3.63, 3.8) is 0 Å². The molecule has 2 rings (SSSR count). The van der Waals surface area contributed by atoms with Crippen molar-refractivity contribution in [1.82, 2.24) is 13.3 Å². The quantitative estimate of drug-likeness (QED) is 0.877. The lowest BCUT2D eigenvalue weighted by molar-refractivity contribution is 0.0713. The molecule has 0 spiro atoms. The highest BCUT2D eigenvalue weighted by Gasteiger charge is 2.35. The predicted molar refractivity (Wildman–Crippen MR) is 67.6 cm³/mol. The van der Waals surface area contributed by atoms with Crippen molar-refractivity contribution in [2.24, 2.45) is 0 Å². The Morgan fingerprint density at radius 2 is 2.16 bits per heavy atom. The number of hydrogen-bond acceptors (Lipinski definition) is 5. The summed E-state index contributed by atoms with van der Waals surface area (Å²) in [6.07, 6.45) is 3.84. The van der Waals surface area contributed by atoms with Crippen molar-refractivity contribution in [2.45, 2.75) is 12.5 Å². The Kier molecular flexibility index (Phi) is 3.25. The molecule has 0 radical (unpaired) electrons. The molecule has 0 aliphatic heterocycles. The molecule has 7 nitrogen and oxygen atoms in total. The number of aliphatic hydroxyl groups is 1. The van der Waals surface area contributed by atoms with Crippen LogP contribution in [0.5, 0.6) is 0 Å². The molecule has 8 heteroatoms. The van der Waals surface area contributed by atoms with Crippen molar-refractivity contribution < 1.29 is 17.9 Å². The van der Waals surface area contributed by atoms with Crippen molar-refractivity contribution >= 4 is 10.2 Å². The van der Waals surface area contributed by atoms with E-state index in [0.717, 1.165) is 14.6 Å². The molecule has 0 aromatic carbocycles. The fourth-order valence-electron chi connectivity index (χ4n) is 1.67. The summed E-state index contributed by atoms with van der Waals surface area (Å²) in [6.45, 7) is 1.45. The van der Waals surface area contributed by atoms with Crippen molar-refractivity contribution in [1.29, 1.82) is 0 Å². The average Bonchev–Trinajstić information content (AvgIpc) is 3.00. The summed E-state index contributed by atoms with van der Waals surface area (Å²) in [5.41, 5.74) is -1.49. The summed E-state index contributed by atoms with van der Waals surface area (Å²) in [5.74, 6) is 0.239. The first kappa shape index (κ1) is 13.8. The predicted octanol–water partition coefficient (Wildman–Crippen LogP) is 0.386. The summed E-state index contributed by atoms with van der Waals surface area (Å²) in [6, 6.07) is 3.19. The van der Waals surface area contributed by atoms with E-state index in [4.69, 9.17) is 4.42 Å². The molecule has 1 atom stereocenters. The zero-order valence-corrected chi connectivity index (χ0v) is 11.6. The van der Waals surface area contributed by atoms with Crippen LogP contribution in [-0.4, -0.2) is 40.9 Å². The first-order valence-electron chi connectivity index (χ1n) is 5.50. The number of furan rings is 1. The molecule has 2 heterocycles. The Morgan fingerprint density at radius 3 is 2.68 bits per heavy atom.